The number of rotatable bonds is 9. The fourth-order valence-electron chi connectivity index (χ4n) is 2.87. The van der Waals surface area contributed by atoms with Gasteiger partial charge in [0.15, 0.2) is 0 Å². The van der Waals surface area contributed by atoms with Gasteiger partial charge in [-0.05, 0) is 60.7 Å². The van der Waals surface area contributed by atoms with Gasteiger partial charge in [0.1, 0.15) is 12.4 Å². The van der Waals surface area contributed by atoms with Crippen molar-refractivity contribution in [2.45, 2.75) is 39.0 Å². The van der Waals surface area contributed by atoms with Gasteiger partial charge in [0, 0.05) is 17.6 Å². The lowest BCUT2D eigenvalue weighted by molar-refractivity contribution is 0.306. The van der Waals surface area contributed by atoms with Crippen molar-refractivity contribution in [3.63, 3.8) is 0 Å². The topological polar surface area (TPSA) is 21.3 Å². The molecule has 0 saturated heterocycles. The Hall–Kier alpha value is -2.29. The van der Waals surface area contributed by atoms with E-state index in [1.807, 2.05) is 36.4 Å². The number of hydrogen-bond acceptors (Lipinski definition) is 2. The smallest absolute Gasteiger partial charge is 0.119 e. The van der Waals surface area contributed by atoms with E-state index in [-0.39, 0.29) is 0 Å². The van der Waals surface area contributed by atoms with Crippen LogP contribution in [-0.2, 0) is 19.6 Å². The number of halogens is 1. The largest absolute Gasteiger partial charge is 0.489 e. The zero-order valence-electron chi connectivity index (χ0n) is 15.7. The Kier molecular flexibility index (Phi) is 7.32. The number of hydrogen-bond donors (Lipinski definition) is 1. The first kappa shape index (κ1) is 19.5. The second-order valence-electron chi connectivity index (χ2n) is 6.87. The summed E-state index contributed by atoms with van der Waals surface area (Å²) in [6.07, 6.45) is 2.23. The van der Waals surface area contributed by atoms with Crippen molar-refractivity contribution in [1.82, 2.24) is 5.32 Å². The second-order valence-corrected chi connectivity index (χ2v) is 7.30. The molecule has 0 radical (unpaired) electrons. The number of nitrogens with one attached hydrogen (secondary N) is 1. The Balaban J connectivity index is 1.40. The van der Waals surface area contributed by atoms with Crippen LogP contribution in [-0.4, -0.2) is 6.04 Å². The van der Waals surface area contributed by atoms with E-state index < -0.39 is 0 Å². The summed E-state index contributed by atoms with van der Waals surface area (Å²) in [4.78, 5) is 0. The lowest BCUT2D eigenvalue weighted by Gasteiger charge is -2.14. The van der Waals surface area contributed by atoms with Crippen molar-refractivity contribution < 1.29 is 4.74 Å². The average Bonchev–Trinajstić information content (AvgIpc) is 2.72. The predicted molar refractivity (Wildman–Crippen MR) is 113 cm³/mol. The second kappa shape index (κ2) is 10.1. The van der Waals surface area contributed by atoms with Gasteiger partial charge in [-0.25, -0.2) is 0 Å². The van der Waals surface area contributed by atoms with Crippen LogP contribution in [0.5, 0.6) is 5.75 Å². The van der Waals surface area contributed by atoms with E-state index in [1.54, 1.807) is 0 Å². The molecule has 0 aliphatic carbocycles. The van der Waals surface area contributed by atoms with Crippen LogP contribution in [0.4, 0.5) is 0 Å². The molecule has 27 heavy (non-hydrogen) atoms. The standard InChI is InChI=1S/C24H26ClNO/c1-19(7-8-20-5-3-2-4-6-20)26-17-21-11-15-24(16-12-21)27-18-22-9-13-23(25)14-10-22/h2-6,9-16,19,26H,7-8,17-18H2,1H3. The summed E-state index contributed by atoms with van der Waals surface area (Å²) in [5.74, 6) is 0.880. The average molecular weight is 380 g/mol. The Morgan fingerprint density at radius 3 is 2.19 bits per heavy atom. The highest BCUT2D eigenvalue weighted by atomic mass is 35.5. The zero-order chi connectivity index (χ0) is 18.9. The van der Waals surface area contributed by atoms with Gasteiger partial charge in [0.05, 0.1) is 0 Å². The lowest BCUT2D eigenvalue weighted by Crippen LogP contribution is -2.25. The zero-order valence-corrected chi connectivity index (χ0v) is 16.5. The van der Waals surface area contributed by atoms with E-state index in [2.05, 4.69) is 54.7 Å². The molecule has 3 aromatic carbocycles. The van der Waals surface area contributed by atoms with E-state index in [1.165, 1.54) is 11.1 Å². The highest BCUT2D eigenvalue weighted by Gasteiger charge is 2.03. The van der Waals surface area contributed by atoms with Gasteiger partial charge in [0.2, 0.25) is 0 Å². The number of ether oxygens (including phenoxy) is 1. The van der Waals surface area contributed by atoms with Gasteiger partial charge >= 0.3 is 0 Å². The molecule has 0 heterocycles. The van der Waals surface area contributed by atoms with Gasteiger partial charge < -0.3 is 10.1 Å². The van der Waals surface area contributed by atoms with Crippen LogP contribution in [0.2, 0.25) is 5.02 Å². The molecule has 0 spiro atoms. The van der Waals surface area contributed by atoms with Gasteiger partial charge in [0.25, 0.3) is 0 Å². The van der Waals surface area contributed by atoms with E-state index in [0.29, 0.717) is 12.6 Å². The predicted octanol–water partition coefficient (Wildman–Crippen LogP) is 6.03. The van der Waals surface area contributed by atoms with Crippen LogP contribution in [0.15, 0.2) is 78.9 Å². The van der Waals surface area contributed by atoms with E-state index >= 15 is 0 Å². The maximum Gasteiger partial charge on any atom is 0.119 e. The first-order valence-corrected chi connectivity index (χ1v) is 9.80. The molecule has 0 saturated carbocycles. The van der Waals surface area contributed by atoms with Crippen LogP contribution in [0.25, 0.3) is 0 Å². The normalized spacial score (nSPS) is 11.9. The minimum atomic E-state index is 0.478. The van der Waals surface area contributed by atoms with Crippen molar-refractivity contribution in [3.8, 4) is 5.75 Å². The highest BCUT2D eigenvalue weighted by molar-refractivity contribution is 6.30. The highest BCUT2D eigenvalue weighted by Crippen LogP contribution is 2.16. The molecular formula is C24H26ClNO. The molecule has 0 aliphatic rings. The molecule has 0 bridgehead atoms. The Morgan fingerprint density at radius 1 is 0.815 bits per heavy atom. The molecule has 1 atom stereocenters. The fourth-order valence-corrected chi connectivity index (χ4v) is 3.00. The molecule has 3 aromatic rings. The van der Waals surface area contributed by atoms with Crippen molar-refractivity contribution in [3.05, 3.63) is 101 Å². The molecule has 0 aromatic heterocycles. The molecule has 140 valence electrons. The molecule has 1 unspecified atom stereocenters. The van der Waals surface area contributed by atoms with Crippen LogP contribution in [0, 0.1) is 0 Å². The quantitative estimate of drug-likeness (QED) is 0.490. The minimum absolute atomic E-state index is 0.478. The third-order valence-corrected chi connectivity index (χ3v) is 4.86. The molecule has 1 N–H and O–H groups in total. The van der Waals surface area contributed by atoms with Crippen LogP contribution in [0.3, 0.4) is 0 Å². The maximum atomic E-state index is 5.90. The Bertz CT molecular complexity index is 800. The van der Waals surface area contributed by atoms with Crippen LogP contribution >= 0.6 is 11.6 Å². The molecule has 0 fully saturated rings. The molecule has 0 aliphatic heterocycles. The molecular weight excluding hydrogens is 354 g/mol. The lowest BCUT2D eigenvalue weighted by atomic mass is 10.1. The minimum Gasteiger partial charge on any atom is -0.489 e. The summed E-state index contributed by atoms with van der Waals surface area (Å²) in [5, 5.41) is 4.34. The summed E-state index contributed by atoms with van der Waals surface area (Å²) < 4.78 is 5.84. The molecule has 2 nitrogen and oxygen atoms in total. The third-order valence-electron chi connectivity index (χ3n) is 4.61. The Morgan fingerprint density at radius 2 is 1.48 bits per heavy atom. The summed E-state index contributed by atoms with van der Waals surface area (Å²) in [7, 11) is 0. The SMILES string of the molecule is CC(CCc1ccccc1)NCc1ccc(OCc2ccc(Cl)cc2)cc1. The summed E-state index contributed by atoms with van der Waals surface area (Å²) >= 11 is 5.90. The van der Waals surface area contributed by atoms with E-state index in [0.717, 1.165) is 35.7 Å². The molecule has 3 heteroatoms. The van der Waals surface area contributed by atoms with Crippen molar-refractivity contribution in [1.29, 1.82) is 0 Å². The fraction of sp³-hybridized carbons (Fsp3) is 0.250. The summed E-state index contributed by atoms with van der Waals surface area (Å²) in [6, 6.07) is 27.2. The van der Waals surface area contributed by atoms with E-state index in [9.17, 15) is 0 Å². The third kappa shape index (κ3) is 6.74. The molecule has 3 rings (SSSR count). The van der Waals surface area contributed by atoms with Gasteiger partial charge in [-0.15, -0.1) is 0 Å². The van der Waals surface area contributed by atoms with Crippen molar-refractivity contribution in [2.24, 2.45) is 0 Å². The maximum absolute atomic E-state index is 5.90. The number of benzene rings is 3. The number of aryl methyl sites for hydroxylation is 1. The van der Waals surface area contributed by atoms with Gasteiger partial charge in [-0.3, -0.25) is 0 Å². The van der Waals surface area contributed by atoms with Crippen LogP contribution < -0.4 is 10.1 Å². The monoisotopic (exact) mass is 379 g/mol. The summed E-state index contributed by atoms with van der Waals surface area (Å²) in [5.41, 5.74) is 3.77. The van der Waals surface area contributed by atoms with Gasteiger partial charge in [-0.1, -0.05) is 66.2 Å². The molecule has 0 amide bonds. The van der Waals surface area contributed by atoms with Crippen molar-refractivity contribution in [2.75, 3.05) is 0 Å². The van der Waals surface area contributed by atoms with E-state index in [4.69, 9.17) is 16.3 Å². The first-order valence-electron chi connectivity index (χ1n) is 9.42. The van der Waals surface area contributed by atoms with Gasteiger partial charge in [-0.2, -0.15) is 0 Å². The summed E-state index contributed by atoms with van der Waals surface area (Å²) in [6.45, 7) is 3.66. The Labute approximate surface area is 167 Å². The van der Waals surface area contributed by atoms with Crippen molar-refractivity contribution >= 4 is 11.6 Å². The first-order chi connectivity index (χ1) is 13.2. The van der Waals surface area contributed by atoms with Crippen LogP contribution in [0.1, 0.15) is 30.0 Å².